The molecule has 49 heavy (non-hydrogen) atoms. The lowest BCUT2D eigenvalue weighted by molar-refractivity contribution is -0.143. The van der Waals surface area contributed by atoms with Gasteiger partial charge in [-0.3, -0.25) is 24.9 Å². The Balaban J connectivity index is 1.38. The zero-order chi connectivity index (χ0) is 34.9. The molecule has 1 aliphatic heterocycles. The van der Waals surface area contributed by atoms with Crippen LogP contribution in [0.4, 0.5) is 0 Å². The summed E-state index contributed by atoms with van der Waals surface area (Å²) in [6.45, 7) is 1.21. The van der Waals surface area contributed by atoms with E-state index < -0.39 is 12.0 Å². The summed E-state index contributed by atoms with van der Waals surface area (Å²) >= 11 is 14.0. The summed E-state index contributed by atoms with van der Waals surface area (Å²) in [5, 5.41) is 19.5. The predicted molar refractivity (Wildman–Crippen MR) is 186 cm³/mol. The number of aliphatic hydroxyl groups is 1. The first-order valence-corrected chi connectivity index (χ1v) is 16.5. The van der Waals surface area contributed by atoms with Crippen LogP contribution in [0.1, 0.15) is 30.5 Å². The average molecular weight is 710 g/mol. The molecule has 1 aliphatic rings. The van der Waals surface area contributed by atoms with Gasteiger partial charge in [0.1, 0.15) is 11.8 Å². The highest BCUT2D eigenvalue weighted by molar-refractivity contribution is 6.39. The summed E-state index contributed by atoms with van der Waals surface area (Å²) in [5.41, 5.74) is 5.21. The van der Waals surface area contributed by atoms with E-state index in [0.29, 0.717) is 80.5 Å². The number of nitrogens with zero attached hydrogens (tertiary/aromatic N) is 3. The van der Waals surface area contributed by atoms with Gasteiger partial charge in [-0.2, -0.15) is 0 Å². The van der Waals surface area contributed by atoms with Crippen LogP contribution in [0.5, 0.6) is 11.6 Å². The lowest BCUT2D eigenvalue weighted by Gasteiger charge is -2.17. The molecule has 2 atom stereocenters. The number of amides is 1. The van der Waals surface area contributed by atoms with Crippen molar-refractivity contribution in [3.63, 3.8) is 0 Å². The van der Waals surface area contributed by atoms with Crippen molar-refractivity contribution in [3.8, 4) is 45.3 Å². The lowest BCUT2D eigenvalue weighted by Crippen LogP contribution is -2.38. The molecule has 1 amide bonds. The number of carbonyl (C=O) groups is 2. The molecular weight excluding hydrogens is 671 g/mol. The number of nitrogens with one attached hydrogen (secondary N) is 3. The topological polar surface area (TPSA) is 157 Å². The van der Waals surface area contributed by atoms with Crippen LogP contribution in [0.25, 0.3) is 33.6 Å². The van der Waals surface area contributed by atoms with Gasteiger partial charge in [-0.1, -0.05) is 47.5 Å². The van der Waals surface area contributed by atoms with Crippen molar-refractivity contribution in [2.24, 2.45) is 0 Å². The molecule has 4 heterocycles. The summed E-state index contributed by atoms with van der Waals surface area (Å²) in [4.78, 5) is 37.4. The van der Waals surface area contributed by atoms with Crippen molar-refractivity contribution in [2.75, 3.05) is 34.5 Å². The first-order valence-electron chi connectivity index (χ1n) is 15.7. The van der Waals surface area contributed by atoms with Gasteiger partial charge in [0.2, 0.25) is 11.8 Å². The predicted octanol–water partition coefficient (Wildman–Crippen LogP) is 4.58. The first kappa shape index (κ1) is 36.0. The molecule has 12 nitrogen and oxygen atoms in total. The van der Waals surface area contributed by atoms with Gasteiger partial charge < -0.3 is 30.0 Å². The zero-order valence-corrected chi connectivity index (χ0v) is 28.9. The number of carbonyl (C=O) groups excluding carboxylic acids is 2. The van der Waals surface area contributed by atoms with Gasteiger partial charge in [0, 0.05) is 78.9 Å². The van der Waals surface area contributed by atoms with E-state index in [1.54, 1.807) is 31.6 Å². The molecule has 1 saturated heterocycles. The minimum Gasteiger partial charge on any atom is -0.495 e. The van der Waals surface area contributed by atoms with Crippen molar-refractivity contribution in [2.45, 2.75) is 44.4 Å². The highest BCUT2D eigenvalue weighted by atomic mass is 35.5. The maximum absolute atomic E-state index is 12.1. The molecule has 1 fully saturated rings. The Morgan fingerprint density at radius 3 is 2.55 bits per heavy atom. The normalized spacial score (nSPS) is 14.7. The Morgan fingerprint density at radius 1 is 1.04 bits per heavy atom. The first-order chi connectivity index (χ1) is 23.8. The molecule has 1 unspecified atom stereocenters. The number of hydrogen-bond donors (Lipinski definition) is 4. The number of aromatic nitrogens is 3. The van der Waals surface area contributed by atoms with Crippen LogP contribution >= 0.6 is 23.2 Å². The quantitative estimate of drug-likeness (QED) is 0.128. The van der Waals surface area contributed by atoms with E-state index in [-0.39, 0.29) is 31.5 Å². The van der Waals surface area contributed by atoms with Crippen LogP contribution in [0.15, 0.2) is 54.9 Å². The number of pyridine rings is 3. The number of methoxy groups -OCH3 is 3. The number of benzene rings is 1. The van der Waals surface area contributed by atoms with Crippen LogP contribution < -0.4 is 25.4 Å². The van der Waals surface area contributed by atoms with Crippen LogP contribution in [0.2, 0.25) is 10.0 Å². The fourth-order valence-electron chi connectivity index (χ4n) is 5.64. The second-order valence-corrected chi connectivity index (χ2v) is 12.1. The highest BCUT2D eigenvalue weighted by Gasteiger charge is 2.22. The number of rotatable bonds is 15. The van der Waals surface area contributed by atoms with Gasteiger partial charge in [0.25, 0.3) is 0 Å². The fraction of sp³-hybridized carbons (Fsp3) is 0.343. The molecule has 0 aliphatic carbocycles. The van der Waals surface area contributed by atoms with Gasteiger partial charge in [-0.05, 0) is 31.0 Å². The summed E-state index contributed by atoms with van der Waals surface area (Å²) in [7, 11) is 4.39. The van der Waals surface area contributed by atoms with Crippen molar-refractivity contribution in [3.05, 3.63) is 76.2 Å². The Labute approximate surface area is 294 Å². The second kappa shape index (κ2) is 16.9. The van der Waals surface area contributed by atoms with Crippen LogP contribution in [-0.2, 0) is 27.4 Å². The van der Waals surface area contributed by atoms with Crippen molar-refractivity contribution >= 4 is 35.1 Å². The molecule has 0 bridgehead atoms. The number of ether oxygens (including phenoxy) is 3. The van der Waals surface area contributed by atoms with E-state index in [2.05, 4.69) is 25.9 Å². The maximum Gasteiger partial charge on any atom is 0.322 e. The smallest absolute Gasteiger partial charge is 0.322 e. The molecule has 5 rings (SSSR count). The van der Waals surface area contributed by atoms with E-state index in [1.165, 1.54) is 14.2 Å². The summed E-state index contributed by atoms with van der Waals surface area (Å²) in [5.74, 6) is 0.542. The molecule has 4 aromatic rings. The Morgan fingerprint density at radius 2 is 1.84 bits per heavy atom. The Hall–Kier alpha value is -4.33. The Kier molecular flexibility index (Phi) is 12.4. The summed E-state index contributed by atoms with van der Waals surface area (Å²) < 4.78 is 16.0. The lowest BCUT2D eigenvalue weighted by atomic mass is 9.99. The summed E-state index contributed by atoms with van der Waals surface area (Å²) in [6, 6.07) is 12.5. The van der Waals surface area contributed by atoms with E-state index in [9.17, 15) is 14.7 Å². The standard InChI is InChI=1S/C35H38Cl2N6O6/c1-47-29-15-21(17-40-28(29)19-41-27(12-14-44)35(46)49-3)33-32(37)24(11-13-39-33)23-5-4-6-25(31(23)36)26-9-7-20(34(43-26)48-2)16-38-18-22-8-10-30(45)42-22/h4-7,9,11,13,15,17,22,27,38,41,44H,8,10,12,14,16,18-19H2,1-3H3,(H,42,45)/t22-,27?/m1/s1. The maximum atomic E-state index is 12.1. The van der Waals surface area contributed by atoms with Crippen LogP contribution in [0.3, 0.4) is 0 Å². The largest absolute Gasteiger partial charge is 0.495 e. The van der Waals surface area contributed by atoms with Gasteiger partial charge in [0.15, 0.2) is 0 Å². The Bertz CT molecular complexity index is 1810. The van der Waals surface area contributed by atoms with Crippen molar-refractivity contribution < 1.29 is 28.9 Å². The van der Waals surface area contributed by atoms with Gasteiger partial charge in [0.05, 0.1) is 48.5 Å². The van der Waals surface area contributed by atoms with Gasteiger partial charge in [-0.25, -0.2) is 4.98 Å². The molecule has 14 heteroatoms. The van der Waals surface area contributed by atoms with E-state index in [4.69, 9.17) is 42.4 Å². The third kappa shape index (κ3) is 8.46. The molecule has 1 aromatic carbocycles. The van der Waals surface area contributed by atoms with E-state index in [1.807, 2.05) is 30.3 Å². The van der Waals surface area contributed by atoms with E-state index in [0.717, 1.165) is 12.0 Å². The minimum atomic E-state index is -0.696. The average Bonchev–Trinajstić information content (AvgIpc) is 3.54. The van der Waals surface area contributed by atoms with Crippen LogP contribution in [-0.4, -0.2) is 78.5 Å². The van der Waals surface area contributed by atoms with Gasteiger partial charge in [-0.15, -0.1) is 0 Å². The van der Waals surface area contributed by atoms with E-state index >= 15 is 0 Å². The third-order valence-corrected chi connectivity index (χ3v) is 9.01. The number of halogens is 2. The summed E-state index contributed by atoms with van der Waals surface area (Å²) in [6.07, 6.45) is 4.85. The highest BCUT2D eigenvalue weighted by Crippen LogP contribution is 2.42. The molecule has 0 saturated carbocycles. The molecule has 0 radical (unpaired) electrons. The van der Waals surface area contributed by atoms with Crippen LogP contribution in [0, 0.1) is 0 Å². The number of hydrogen-bond acceptors (Lipinski definition) is 11. The SMILES string of the molecule is COC(=O)C(CCO)NCc1ncc(-c2nccc(-c3cccc(-c4ccc(CNC[C@H]5CCC(=O)N5)c(OC)n4)c3Cl)c2Cl)cc1OC. The third-order valence-electron chi connectivity index (χ3n) is 8.22. The minimum absolute atomic E-state index is 0.0852. The molecule has 3 aromatic heterocycles. The number of aliphatic hydroxyl groups excluding tert-OH is 1. The van der Waals surface area contributed by atoms with Crippen molar-refractivity contribution in [1.82, 2.24) is 30.9 Å². The van der Waals surface area contributed by atoms with Gasteiger partial charge >= 0.3 is 5.97 Å². The number of esters is 1. The fourth-order valence-corrected chi connectivity index (χ4v) is 6.29. The molecule has 4 N–H and O–H groups in total. The molecular formula is C35H38Cl2N6O6. The molecule has 0 spiro atoms. The zero-order valence-electron chi connectivity index (χ0n) is 27.4. The van der Waals surface area contributed by atoms with Crippen molar-refractivity contribution in [1.29, 1.82) is 0 Å². The monoisotopic (exact) mass is 708 g/mol. The molecule has 258 valence electrons. The second-order valence-electron chi connectivity index (χ2n) is 11.3.